The molecule has 0 aliphatic rings. The lowest BCUT2D eigenvalue weighted by atomic mass is 10.2. The Bertz CT molecular complexity index is 1110. The first kappa shape index (κ1) is 18.3. The highest BCUT2D eigenvalue weighted by molar-refractivity contribution is 6.04. The Balaban J connectivity index is 1.41. The molecule has 2 aromatic carbocycles. The van der Waals surface area contributed by atoms with Crippen LogP contribution in [-0.2, 0) is 6.54 Å². The normalized spacial score (nSPS) is 10.5. The molecule has 2 aromatic heterocycles. The van der Waals surface area contributed by atoms with Crippen molar-refractivity contribution in [3.05, 3.63) is 96.2 Å². The number of amides is 1. The monoisotopic (exact) mass is 388 g/mol. The fourth-order valence-corrected chi connectivity index (χ4v) is 2.71. The minimum Gasteiger partial charge on any atom is -0.324 e. The Labute approximate surface area is 166 Å². The first-order valence-corrected chi connectivity index (χ1v) is 8.89. The maximum Gasteiger partial charge on any atom is 0.256 e. The second-order valence-corrected chi connectivity index (χ2v) is 6.26. The summed E-state index contributed by atoms with van der Waals surface area (Å²) >= 11 is 0. The summed E-state index contributed by atoms with van der Waals surface area (Å²) in [4.78, 5) is 20.8. The molecule has 29 heavy (non-hydrogen) atoms. The van der Waals surface area contributed by atoms with Crippen LogP contribution in [0.5, 0.6) is 0 Å². The molecule has 0 aliphatic carbocycles. The van der Waals surface area contributed by atoms with Gasteiger partial charge in [0.15, 0.2) is 5.82 Å². The van der Waals surface area contributed by atoms with Crippen LogP contribution in [0.25, 0.3) is 0 Å². The average Bonchev–Trinajstić information content (AvgIpc) is 3.17. The maximum absolute atomic E-state index is 13.0. The van der Waals surface area contributed by atoms with Crippen LogP contribution in [0.15, 0.2) is 79.3 Å². The maximum atomic E-state index is 13.0. The molecule has 1 amide bonds. The third-order valence-electron chi connectivity index (χ3n) is 4.09. The zero-order chi connectivity index (χ0) is 20.1. The van der Waals surface area contributed by atoms with Gasteiger partial charge in [0.1, 0.15) is 5.82 Å². The number of nitrogens with zero attached hydrogens (tertiary/aromatic N) is 4. The summed E-state index contributed by atoms with van der Waals surface area (Å²) in [5, 5.41) is 10.2. The third-order valence-corrected chi connectivity index (χ3v) is 4.09. The number of carbonyl (C=O) groups is 1. The van der Waals surface area contributed by atoms with Crippen molar-refractivity contribution in [1.82, 2.24) is 19.7 Å². The molecule has 0 aliphatic heterocycles. The van der Waals surface area contributed by atoms with Crippen LogP contribution in [0.2, 0.25) is 0 Å². The topological polar surface area (TPSA) is 84.7 Å². The van der Waals surface area contributed by atoms with Crippen LogP contribution in [0, 0.1) is 5.82 Å². The Hall–Kier alpha value is -4.07. The molecule has 0 fully saturated rings. The molecule has 0 bridgehead atoms. The fourth-order valence-electron chi connectivity index (χ4n) is 2.71. The lowest BCUT2D eigenvalue weighted by Gasteiger charge is -2.07. The molecule has 2 heterocycles. The summed E-state index contributed by atoms with van der Waals surface area (Å²) in [6, 6.07) is 16.7. The number of carbonyl (C=O) groups excluding carboxylic acids is 1. The van der Waals surface area contributed by atoms with Crippen molar-refractivity contribution in [3.8, 4) is 0 Å². The van der Waals surface area contributed by atoms with Gasteiger partial charge in [0.2, 0.25) is 5.95 Å². The van der Waals surface area contributed by atoms with Crippen molar-refractivity contribution in [2.24, 2.45) is 0 Å². The Morgan fingerprint density at radius 2 is 1.79 bits per heavy atom. The zero-order valence-electron chi connectivity index (χ0n) is 15.3. The van der Waals surface area contributed by atoms with E-state index in [1.54, 1.807) is 65.7 Å². The van der Waals surface area contributed by atoms with E-state index in [1.165, 1.54) is 12.1 Å². The van der Waals surface area contributed by atoms with Gasteiger partial charge < -0.3 is 10.6 Å². The largest absolute Gasteiger partial charge is 0.324 e. The predicted molar refractivity (Wildman–Crippen MR) is 107 cm³/mol. The van der Waals surface area contributed by atoms with Crippen LogP contribution < -0.4 is 10.6 Å². The van der Waals surface area contributed by atoms with Crippen LogP contribution in [0.3, 0.4) is 0 Å². The van der Waals surface area contributed by atoms with Gasteiger partial charge >= 0.3 is 0 Å². The van der Waals surface area contributed by atoms with Gasteiger partial charge in [0, 0.05) is 35.9 Å². The summed E-state index contributed by atoms with van der Waals surface area (Å²) in [6.45, 7) is 0.479. The van der Waals surface area contributed by atoms with Crippen LogP contribution in [-0.4, -0.2) is 25.7 Å². The minimum absolute atomic E-state index is 0.280. The van der Waals surface area contributed by atoms with Gasteiger partial charge in [0.05, 0.1) is 6.54 Å². The number of nitrogens with one attached hydrogen (secondary N) is 2. The van der Waals surface area contributed by atoms with E-state index in [9.17, 15) is 9.18 Å². The van der Waals surface area contributed by atoms with E-state index < -0.39 is 0 Å². The number of hydrogen-bond donors (Lipinski definition) is 2. The van der Waals surface area contributed by atoms with E-state index in [0.29, 0.717) is 29.6 Å². The highest BCUT2D eigenvalue weighted by atomic mass is 19.1. The van der Waals surface area contributed by atoms with Gasteiger partial charge in [-0.05, 0) is 42.0 Å². The first-order chi connectivity index (χ1) is 14.2. The molecule has 4 aromatic rings. The Morgan fingerprint density at radius 1 is 1.00 bits per heavy atom. The molecule has 4 rings (SSSR count). The Kier molecular flexibility index (Phi) is 5.24. The summed E-state index contributed by atoms with van der Waals surface area (Å²) in [6.07, 6.45) is 5.02. The number of halogens is 1. The minimum atomic E-state index is -0.283. The van der Waals surface area contributed by atoms with Gasteiger partial charge in [-0.15, -0.1) is 0 Å². The third kappa shape index (κ3) is 4.81. The number of anilines is 3. The SMILES string of the molecule is O=C(Nc1ccn(Cc2ccc(F)cc2)n1)c1cccc(Nc2ncccn2)c1. The van der Waals surface area contributed by atoms with Gasteiger partial charge in [-0.1, -0.05) is 18.2 Å². The van der Waals surface area contributed by atoms with Crippen molar-refractivity contribution in [3.63, 3.8) is 0 Å². The van der Waals surface area contributed by atoms with Gasteiger partial charge in [-0.25, -0.2) is 14.4 Å². The average molecular weight is 388 g/mol. The van der Waals surface area contributed by atoms with E-state index in [4.69, 9.17) is 0 Å². The molecule has 0 saturated heterocycles. The number of aromatic nitrogens is 4. The molecule has 7 nitrogen and oxygen atoms in total. The number of rotatable bonds is 6. The summed E-state index contributed by atoms with van der Waals surface area (Å²) in [5.74, 6) is 0.318. The number of hydrogen-bond acceptors (Lipinski definition) is 5. The van der Waals surface area contributed by atoms with Crippen molar-refractivity contribution >= 4 is 23.4 Å². The quantitative estimate of drug-likeness (QED) is 0.524. The van der Waals surface area contributed by atoms with Gasteiger partial charge in [-0.3, -0.25) is 9.48 Å². The fraction of sp³-hybridized carbons (Fsp3) is 0.0476. The summed E-state index contributed by atoms with van der Waals surface area (Å²) in [7, 11) is 0. The number of benzene rings is 2. The molecule has 0 spiro atoms. The second kappa shape index (κ2) is 8.30. The van der Waals surface area contributed by atoms with Crippen molar-refractivity contribution in [1.29, 1.82) is 0 Å². The molecule has 0 atom stereocenters. The van der Waals surface area contributed by atoms with Gasteiger partial charge in [0.25, 0.3) is 5.91 Å². The van der Waals surface area contributed by atoms with E-state index in [0.717, 1.165) is 5.56 Å². The van der Waals surface area contributed by atoms with E-state index in [-0.39, 0.29) is 11.7 Å². The van der Waals surface area contributed by atoms with Crippen molar-refractivity contribution < 1.29 is 9.18 Å². The predicted octanol–water partition coefficient (Wildman–Crippen LogP) is 3.86. The molecular formula is C21H17FN6O. The standard InChI is InChI=1S/C21H17FN6O/c22-17-7-5-15(6-8-17)14-28-12-9-19(27-28)26-20(29)16-3-1-4-18(13-16)25-21-23-10-2-11-24-21/h1-13H,14H2,(H,23,24,25)(H,26,27,29). The zero-order valence-corrected chi connectivity index (χ0v) is 15.3. The van der Waals surface area contributed by atoms with E-state index in [2.05, 4.69) is 25.7 Å². The second-order valence-electron chi connectivity index (χ2n) is 6.26. The van der Waals surface area contributed by atoms with Crippen LogP contribution in [0.4, 0.5) is 21.8 Å². The summed E-state index contributed by atoms with van der Waals surface area (Å²) in [5.41, 5.74) is 2.08. The smallest absolute Gasteiger partial charge is 0.256 e. The lowest BCUT2D eigenvalue weighted by Crippen LogP contribution is -2.13. The highest BCUT2D eigenvalue weighted by Crippen LogP contribution is 2.16. The highest BCUT2D eigenvalue weighted by Gasteiger charge is 2.09. The van der Waals surface area contributed by atoms with E-state index >= 15 is 0 Å². The Morgan fingerprint density at radius 3 is 2.59 bits per heavy atom. The molecule has 8 heteroatoms. The molecule has 2 N–H and O–H groups in total. The molecular weight excluding hydrogens is 371 g/mol. The van der Waals surface area contributed by atoms with Crippen LogP contribution >= 0.6 is 0 Å². The van der Waals surface area contributed by atoms with Crippen LogP contribution in [0.1, 0.15) is 15.9 Å². The van der Waals surface area contributed by atoms with E-state index in [1.807, 2.05) is 6.07 Å². The van der Waals surface area contributed by atoms with Gasteiger partial charge in [-0.2, -0.15) is 5.10 Å². The molecule has 0 saturated carbocycles. The first-order valence-electron chi connectivity index (χ1n) is 8.89. The molecule has 0 unspecified atom stereocenters. The lowest BCUT2D eigenvalue weighted by molar-refractivity contribution is 0.102. The van der Waals surface area contributed by atoms with Crippen molar-refractivity contribution in [2.75, 3.05) is 10.6 Å². The molecule has 0 radical (unpaired) electrons. The molecule has 144 valence electrons. The van der Waals surface area contributed by atoms with Crippen molar-refractivity contribution in [2.45, 2.75) is 6.54 Å². The summed E-state index contributed by atoms with van der Waals surface area (Å²) < 4.78 is 14.7.